The Balaban J connectivity index is 1.13. The highest BCUT2D eigenvalue weighted by Crippen LogP contribution is 2.58. The molecule has 2 saturated heterocycles. The van der Waals surface area contributed by atoms with Crippen molar-refractivity contribution in [2.45, 2.75) is 92.5 Å². The molecule has 4 atom stereocenters. The summed E-state index contributed by atoms with van der Waals surface area (Å²) < 4.78 is 51.0. The van der Waals surface area contributed by atoms with Gasteiger partial charge in [0, 0.05) is 69.3 Å². The van der Waals surface area contributed by atoms with Crippen molar-refractivity contribution in [2.24, 2.45) is 11.8 Å². The van der Waals surface area contributed by atoms with Crippen LogP contribution >= 0.6 is 0 Å². The van der Waals surface area contributed by atoms with Crippen molar-refractivity contribution in [3.05, 3.63) is 166 Å². The molecule has 4 unspecified atom stereocenters. The van der Waals surface area contributed by atoms with Crippen LogP contribution in [0.25, 0.3) is 43.1 Å². The summed E-state index contributed by atoms with van der Waals surface area (Å²) in [4.78, 5) is 95.3. The lowest BCUT2D eigenvalue weighted by Crippen LogP contribution is -2.52. The average molecular weight is 1240 g/mol. The molecule has 2 fully saturated rings. The van der Waals surface area contributed by atoms with Gasteiger partial charge in [0.05, 0.1) is 47.7 Å². The molecule has 9 aromatic carbocycles. The second-order valence-electron chi connectivity index (χ2n) is 25.3. The summed E-state index contributed by atoms with van der Waals surface area (Å²) in [5.41, 5.74) is 3.92. The van der Waals surface area contributed by atoms with Gasteiger partial charge in [-0.2, -0.15) is 0 Å². The number of ether oxygens (including phenoxy) is 8. The Bertz CT molecular complexity index is 3880. The van der Waals surface area contributed by atoms with Gasteiger partial charge < -0.3 is 48.5 Å². The molecule has 4 amide bonds. The zero-order valence-electron chi connectivity index (χ0n) is 52.7. The number of benzene rings is 9. The van der Waals surface area contributed by atoms with E-state index in [9.17, 15) is 9.59 Å². The number of rotatable bonds is 26. The lowest BCUT2D eigenvalue weighted by molar-refractivity contribution is -0.149. The molecule has 0 aromatic heterocycles. The van der Waals surface area contributed by atoms with Gasteiger partial charge in [-0.25, -0.2) is 9.59 Å². The minimum atomic E-state index is -1.36. The SMILES string of the molecule is Cc1ccc(Oc2cc3c4c(cc(Oc5ccc(C)cc5)c5c6c(Oc7ccc(C)cc7)cc7c8c(cc(Oc9ccc(C)cc9)c(c2c45)c86)C(=O)N(C(CC(C)C)C(=O)OCCNCC2CO2)C7=O)C(=O)N(C(CC(C)C)C(=O)OCCNCC2CO2)C3=O)cc1. The maximum absolute atomic E-state index is 16.0. The van der Waals surface area contributed by atoms with E-state index >= 15 is 19.2 Å². The third-order valence-corrected chi connectivity index (χ3v) is 17.1. The van der Waals surface area contributed by atoms with Crippen molar-refractivity contribution in [2.75, 3.05) is 52.6 Å². The second kappa shape index (κ2) is 25.3. The van der Waals surface area contributed by atoms with Crippen molar-refractivity contribution in [3.63, 3.8) is 0 Å². The summed E-state index contributed by atoms with van der Waals surface area (Å²) in [5.74, 6) is -3.01. The van der Waals surface area contributed by atoms with E-state index in [1.165, 1.54) is 0 Å². The Kier molecular flexibility index (Phi) is 16.9. The summed E-state index contributed by atoms with van der Waals surface area (Å²) in [6, 6.07) is 33.1. The minimum Gasteiger partial charge on any atom is -0.463 e. The first kappa shape index (κ1) is 61.4. The van der Waals surface area contributed by atoms with Crippen molar-refractivity contribution in [1.82, 2.24) is 20.4 Å². The largest absolute Gasteiger partial charge is 0.463 e. The molecule has 2 N–H and O–H groups in total. The average Bonchev–Trinajstić information content (AvgIpc) is 1.57. The third-order valence-electron chi connectivity index (χ3n) is 17.1. The number of nitrogens with zero attached hydrogens (tertiary/aromatic N) is 2. The number of fused-ring (bicyclic) bond motifs is 2. The van der Waals surface area contributed by atoms with E-state index in [-0.39, 0.29) is 106 Å². The summed E-state index contributed by atoms with van der Waals surface area (Å²) in [5, 5.41) is 8.78. The first-order chi connectivity index (χ1) is 44.4. The molecule has 18 heteroatoms. The first-order valence-electron chi connectivity index (χ1n) is 31.5. The smallest absolute Gasteiger partial charge is 0.329 e. The number of epoxide rings is 2. The topological polar surface area (TPSA) is 213 Å². The molecule has 9 aromatic rings. The minimum absolute atomic E-state index is 0.0258. The van der Waals surface area contributed by atoms with Gasteiger partial charge >= 0.3 is 11.9 Å². The number of hydrogen-bond donors (Lipinski definition) is 2. The molecule has 0 saturated carbocycles. The van der Waals surface area contributed by atoms with Crippen molar-refractivity contribution >= 4 is 78.7 Å². The number of aryl methyl sites for hydroxylation is 4. The fourth-order valence-corrected chi connectivity index (χ4v) is 12.4. The van der Waals surface area contributed by atoms with Crippen LogP contribution in [0.4, 0.5) is 0 Å². The number of amides is 4. The molecule has 18 nitrogen and oxygen atoms in total. The number of esters is 2. The van der Waals surface area contributed by atoms with Crippen molar-refractivity contribution in [3.8, 4) is 46.0 Å². The molecule has 4 aliphatic rings. The number of carbonyl (C=O) groups is 6. The lowest BCUT2D eigenvalue weighted by Gasteiger charge is -2.36. The molecule has 0 spiro atoms. The fourth-order valence-electron chi connectivity index (χ4n) is 12.4. The second-order valence-corrected chi connectivity index (χ2v) is 25.3. The molecule has 0 radical (unpaired) electrons. The van der Waals surface area contributed by atoms with Crippen LogP contribution in [0.5, 0.6) is 46.0 Å². The molecule has 0 bridgehead atoms. The van der Waals surface area contributed by atoms with E-state index in [2.05, 4.69) is 10.6 Å². The standard InChI is InChI=1S/C74H72N4O14/c1-39(2)29-55(73(83)85-27-25-75-35-49-37-87-49)77-69(79)51-31-57(89-45-17-9-41(5)10-18-45)63-65-59(91-47-21-13-43(7)14-22-47)33-53-62-54(72(82)78(71(53)81)56(30-40(3)4)74(84)86-28-26-76-36-50-38-88-50)34-60(92-48-23-15-44(8)16-24-48)66(68(62)65)64-58(90-46-19-11-42(6)12-20-46)32-52(70(77)80)61(51)67(63)64/h9-24,31-34,39-40,49-50,55-56,75-76H,25-30,35-38H2,1-8H3. The molecular weight excluding hydrogens is 1170 g/mol. The van der Waals surface area contributed by atoms with Crippen LogP contribution in [-0.4, -0.2) is 122 Å². The van der Waals surface area contributed by atoms with Crippen LogP contribution in [0.15, 0.2) is 121 Å². The van der Waals surface area contributed by atoms with Gasteiger partial charge in [0.1, 0.15) is 71.3 Å². The molecule has 0 aliphatic carbocycles. The normalized spacial score (nSPS) is 16.5. The predicted octanol–water partition coefficient (Wildman–Crippen LogP) is 13.2. The zero-order valence-corrected chi connectivity index (χ0v) is 52.7. The van der Waals surface area contributed by atoms with Gasteiger partial charge in [-0.3, -0.25) is 29.0 Å². The van der Waals surface area contributed by atoms with Gasteiger partial charge in [0.2, 0.25) is 0 Å². The van der Waals surface area contributed by atoms with Crippen LogP contribution in [0.2, 0.25) is 0 Å². The van der Waals surface area contributed by atoms with Crippen molar-refractivity contribution < 1.29 is 66.7 Å². The Hall–Kier alpha value is -9.46. The van der Waals surface area contributed by atoms with E-state index in [1.54, 1.807) is 72.8 Å². The van der Waals surface area contributed by atoms with Gasteiger partial charge in [0.25, 0.3) is 23.6 Å². The number of nitrogens with one attached hydrogen (secondary N) is 2. The highest BCUT2D eigenvalue weighted by atomic mass is 16.6. The quantitative estimate of drug-likeness (QED) is 0.0129. The molecule has 472 valence electrons. The van der Waals surface area contributed by atoms with E-state index in [1.807, 2.05) is 104 Å². The van der Waals surface area contributed by atoms with E-state index in [0.717, 1.165) is 32.1 Å². The molecule has 4 heterocycles. The molecule has 92 heavy (non-hydrogen) atoms. The fraction of sp³-hybridized carbons (Fsp3) is 0.324. The maximum atomic E-state index is 16.0. The van der Waals surface area contributed by atoms with Crippen LogP contribution in [0.1, 0.15) is 104 Å². The van der Waals surface area contributed by atoms with E-state index in [0.29, 0.717) is 94.7 Å². The van der Waals surface area contributed by atoms with E-state index in [4.69, 9.17) is 37.9 Å². The Labute approximate surface area is 532 Å². The van der Waals surface area contributed by atoms with Gasteiger partial charge in [-0.15, -0.1) is 0 Å². The predicted molar refractivity (Wildman–Crippen MR) is 347 cm³/mol. The Morgan fingerprint density at radius 1 is 0.424 bits per heavy atom. The van der Waals surface area contributed by atoms with E-state index < -0.39 is 47.7 Å². The molecular formula is C74H72N4O14. The highest BCUT2D eigenvalue weighted by Gasteiger charge is 2.47. The Morgan fingerprint density at radius 3 is 0.924 bits per heavy atom. The monoisotopic (exact) mass is 1240 g/mol. The Morgan fingerprint density at radius 2 is 0.685 bits per heavy atom. The lowest BCUT2D eigenvalue weighted by atomic mass is 9.80. The van der Waals surface area contributed by atoms with Gasteiger partial charge in [-0.1, -0.05) is 98.5 Å². The number of carbonyl (C=O) groups excluding carboxylic acids is 6. The van der Waals surface area contributed by atoms with Gasteiger partial charge in [0.15, 0.2) is 0 Å². The van der Waals surface area contributed by atoms with Crippen molar-refractivity contribution in [1.29, 1.82) is 0 Å². The molecule has 4 aliphatic heterocycles. The van der Waals surface area contributed by atoms with Crippen LogP contribution < -0.4 is 29.6 Å². The molecule has 13 rings (SSSR count). The zero-order chi connectivity index (χ0) is 64.2. The first-order valence-corrected chi connectivity index (χ1v) is 31.5. The summed E-state index contributed by atoms with van der Waals surface area (Å²) in [7, 11) is 0. The van der Waals surface area contributed by atoms with Crippen LogP contribution in [0, 0.1) is 39.5 Å². The third kappa shape index (κ3) is 12.2. The van der Waals surface area contributed by atoms with Crippen LogP contribution in [0.3, 0.4) is 0 Å². The maximum Gasteiger partial charge on any atom is 0.329 e. The number of imide groups is 2. The summed E-state index contributed by atoms with van der Waals surface area (Å²) in [6.07, 6.45) is 0.362. The van der Waals surface area contributed by atoms with Crippen LogP contribution in [-0.2, 0) is 28.5 Å². The summed E-state index contributed by atoms with van der Waals surface area (Å²) >= 11 is 0. The highest BCUT2D eigenvalue weighted by molar-refractivity contribution is 6.45. The van der Waals surface area contributed by atoms with Gasteiger partial charge in [-0.05, 0) is 125 Å². The number of hydrogen-bond acceptors (Lipinski definition) is 16. The summed E-state index contributed by atoms with van der Waals surface area (Å²) in [6.45, 7) is 18.5.